The summed E-state index contributed by atoms with van der Waals surface area (Å²) in [6.45, 7) is 0.205. The van der Waals surface area contributed by atoms with Crippen molar-refractivity contribution in [1.29, 1.82) is 0 Å². The molecule has 0 aliphatic heterocycles. The number of halogens is 1. The first-order chi connectivity index (χ1) is 22.0. The number of nitrogens with one attached hydrogen (secondary N) is 1. The molecule has 12 nitrogen and oxygen atoms in total. The number of aromatic amines is 1. The molecule has 4 aliphatic carbocycles. The predicted molar refractivity (Wildman–Crippen MR) is 175 cm³/mol. The smallest absolute Gasteiger partial charge is 0.260 e. The number of ether oxygens (including phenoxy) is 1. The highest BCUT2D eigenvalue weighted by molar-refractivity contribution is 14.1. The van der Waals surface area contributed by atoms with Crippen LogP contribution in [0.15, 0.2) is 71.6 Å². The second kappa shape index (κ2) is 10.4. The maximum absolute atomic E-state index is 13.7. The van der Waals surface area contributed by atoms with Gasteiger partial charge in [-0.1, -0.05) is 35.5 Å². The van der Waals surface area contributed by atoms with Gasteiger partial charge in [0.1, 0.15) is 29.3 Å². The number of benzene rings is 2. The molecule has 0 unspecified atom stereocenters. The Labute approximate surface area is 269 Å². The van der Waals surface area contributed by atoms with Crippen molar-refractivity contribution in [2.75, 3.05) is 7.11 Å². The molecule has 7 rings (SSSR count). The zero-order valence-electron chi connectivity index (χ0n) is 23.8. The molecule has 0 fully saturated rings. The SMILES string of the molecule is COc1cc(=O)c2c(=O)c3c(c(=O)c=2c1=O)=C(O)[C@]1(CCc2c1c(O)c1c(=O)[nH]c(/C=N/OCc4ccccc4)cc1c2I)C=3O. The van der Waals surface area contributed by atoms with E-state index in [9.17, 15) is 39.3 Å². The summed E-state index contributed by atoms with van der Waals surface area (Å²) in [5.41, 5.74) is -5.34. The number of phenolic OH excluding ortho intramolecular Hbond substituents is 1. The normalized spacial score (nSPS) is 17.0. The molecular formula is C33H21IN2O10. The number of aliphatic hydroxyl groups is 2. The number of fused-ring (bicyclic) bond motifs is 4. The number of rotatable bonds is 5. The third kappa shape index (κ3) is 3.84. The number of hydrogen-bond acceptors (Lipinski definition) is 11. The van der Waals surface area contributed by atoms with E-state index in [0.29, 0.717) is 14.5 Å². The molecule has 3 aromatic rings. The minimum atomic E-state index is -1.99. The van der Waals surface area contributed by atoms with Crippen LogP contribution in [0.25, 0.3) is 22.3 Å². The van der Waals surface area contributed by atoms with Crippen LogP contribution in [0, 0.1) is 14.0 Å². The zero-order chi connectivity index (χ0) is 32.7. The topological polar surface area (TPSA) is 193 Å². The molecule has 0 bridgehead atoms. The lowest BCUT2D eigenvalue weighted by Gasteiger charge is -2.27. The summed E-state index contributed by atoms with van der Waals surface area (Å²) in [6.07, 6.45) is 1.38. The molecule has 1 heterocycles. The number of oxime groups is 1. The third-order valence-corrected chi connectivity index (χ3v) is 9.95. The van der Waals surface area contributed by atoms with Crippen LogP contribution in [-0.2, 0) is 23.3 Å². The van der Waals surface area contributed by atoms with Crippen molar-refractivity contribution in [3.63, 3.8) is 0 Å². The molecule has 1 atom stereocenters. The van der Waals surface area contributed by atoms with E-state index >= 15 is 0 Å². The number of aromatic nitrogens is 1. The van der Waals surface area contributed by atoms with Crippen LogP contribution in [0.1, 0.15) is 28.8 Å². The lowest BCUT2D eigenvalue weighted by Crippen LogP contribution is -2.51. The van der Waals surface area contributed by atoms with E-state index in [1.165, 1.54) is 6.21 Å². The molecular weight excluding hydrogens is 711 g/mol. The summed E-state index contributed by atoms with van der Waals surface area (Å²) in [4.78, 5) is 74.5. The molecule has 0 radical (unpaired) electrons. The average molecular weight is 732 g/mol. The molecule has 4 N–H and O–H groups in total. The molecule has 0 saturated heterocycles. The van der Waals surface area contributed by atoms with Gasteiger partial charge in [-0.15, -0.1) is 0 Å². The number of H-pyrrole nitrogens is 1. The van der Waals surface area contributed by atoms with E-state index in [2.05, 4.69) is 10.1 Å². The zero-order valence-corrected chi connectivity index (χ0v) is 25.9. The lowest BCUT2D eigenvalue weighted by atomic mass is 9.78. The van der Waals surface area contributed by atoms with Crippen LogP contribution in [-0.4, -0.2) is 33.6 Å². The number of hydrogen-bond donors (Lipinski definition) is 4. The van der Waals surface area contributed by atoms with Gasteiger partial charge < -0.3 is 29.9 Å². The number of methoxy groups -OCH3 is 1. The highest BCUT2D eigenvalue weighted by Crippen LogP contribution is 2.55. The Hall–Kier alpha value is -5.31. The number of nitrogens with zero attached hydrogens (tertiary/aromatic N) is 1. The first-order valence-corrected chi connectivity index (χ1v) is 15.0. The molecule has 1 spiro atoms. The van der Waals surface area contributed by atoms with Gasteiger partial charge in [-0.05, 0) is 52.6 Å². The maximum atomic E-state index is 13.7. The fraction of sp³-hybridized carbons (Fsp3) is 0.152. The Morgan fingerprint density at radius 2 is 1.61 bits per heavy atom. The van der Waals surface area contributed by atoms with Gasteiger partial charge >= 0.3 is 0 Å². The molecule has 4 aliphatic rings. The Kier molecular flexibility index (Phi) is 6.63. The second-order valence-electron chi connectivity index (χ2n) is 11.0. The van der Waals surface area contributed by atoms with E-state index in [1.807, 2.05) is 52.9 Å². The van der Waals surface area contributed by atoms with Crippen LogP contribution < -0.4 is 42.4 Å². The van der Waals surface area contributed by atoms with Gasteiger partial charge in [-0.3, -0.25) is 24.0 Å². The van der Waals surface area contributed by atoms with Crippen LogP contribution in [0.3, 0.4) is 0 Å². The maximum Gasteiger partial charge on any atom is 0.260 e. The second-order valence-corrected chi connectivity index (χ2v) is 12.1. The molecule has 2 aromatic carbocycles. The van der Waals surface area contributed by atoms with Gasteiger partial charge in [0.2, 0.25) is 16.3 Å². The van der Waals surface area contributed by atoms with E-state index in [1.54, 1.807) is 6.07 Å². The van der Waals surface area contributed by atoms with E-state index in [4.69, 9.17) is 9.57 Å². The van der Waals surface area contributed by atoms with Crippen molar-refractivity contribution >= 4 is 51.1 Å². The van der Waals surface area contributed by atoms with Crippen LogP contribution >= 0.6 is 22.6 Å². The summed E-state index contributed by atoms with van der Waals surface area (Å²) >= 11 is 1.99. The van der Waals surface area contributed by atoms with Crippen molar-refractivity contribution in [2.24, 2.45) is 5.16 Å². The number of pyridine rings is 1. The highest BCUT2D eigenvalue weighted by atomic mass is 127. The van der Waals surface area contributed by atoms with Gasteiger partial charge in [0, 0.05) is 20.6 Å². The van der Waals surface area contributed by atoms with E-state index < -0.39 is 76.6 Å². The van der Waals surface area contributed by atoms with Gasteiger partial charge in [-0.2, -0.15) is 0 Å². The minimum Gasteiger partial charge on any atom is -0.510 e. The Morgan fingerprint density at radius 3 is 2.28 bits per heavy atom. The third-order valence-electron chi connectivity index (χ3n) is 8.72. The quantitative estimate of drug-likeness (QED) is 0.114. The predicted octanol–water partition coefficient (Wildman–Crippen LogP) is 0.669. The number of aromatic hydroxyl groups is 1. The Bertz CT molecular complexity index is 2680. The van der Waals surface area contributed by atoms with Crippen molar-refractivity contribution < 1.29 is 24.9 Å². The summed E-state index contributed by atoms with van der Waals surface area (Å²) in [5.74, 6) is -2.55. The summed E-state index contributed by atoms with van der Waals surface area (Å²) in [6, 6.07) is 11.7. The van der Waals surface area contributed by atoms with Gasteiger partial charge in [-0.25, -0.2) is 0 Å². The van der Waals surface area contributed by atoms with Gasteiger partial charge in [0.25, 0.3) is 5.56 Å². The average Bonchev–Trinajstić information content (AvgIpc) is 3.55. The molecule has 13 heteroatoms. The minimum absolute atomic E-state index is 0.0566. The summed E-state index contributed by atoms with van der Waals surface area (Å²) in [5, 5.41) is 36.3. The first-order valence-electron chi connectivity index (χ1n) is 13.9. The van der Waals surface area contributed by atoms with Crippen molar-refractivity contribution in [1.82, 2.24) is 4.98 Å². The number of phenols is 1. The molecule has 0 amide bonds. The fourth-order valence-electron chi connectivity index (χ4n) is 6.66. The first kappa shape index (κ1) is 29.4. The molecule has 46 heavy (non-hydrogen) atoms. The fourth-order valence-corrected chi connectivity index (χ4v) is 7.63. The highest BCUT2D eigenvalue weighted by Gasteiger charge is 2.53. The standard InChI is InChI=1S/C33H21IN2O10/c1-45-18-10-17(37)20-21(26(18)38)28(40)23-22(27(20)39)30(42)33(31(23)43)8-7-15-24(33)29(41)19-16(25(15)34)9-14(36-32(19)44)11-35-46-12-13-5-3-2-4-6-13/h2-6,9-11,41-43H,7-8,12H2,1H3,(H,36,44)/b35-11+/t33-/m0/s1. The van der Waals surface area contributed by atoms with Crippen molar-refractivity contribution in [2.45, 2.75) is 24.9 Å². The van der Waals surface area contributed by atoms with Gasteiger partial charge in [0.15, 0.2) is 11.2 Å². The molecule has 1 aromatic heterocycles. The summed E-state index contributed by atoms with van der Waals surface area (Å²) < 4.78 is 5.43. The lowest BCUT2D eigenvalue weighted by molar-refractivity contribution is 0.132. The summed E-state index contributed by atoms with van der Waals surface area (Å²) in [7, 11) is 1.12. The largest absolute Gasteiger partial charge is 0.510 e. The van der Waals surface area contributed by atoms with Crippen molar-refractivity contribution in [3.05, 3.63) is 141 Å². The molecule has 0 saturated carbocycles. The monoisotopic (exact) mass is 732 g/mol. The Morgan fingerprint density at radius 1 is 0.935 bits per heavy atom. The van der Waals surface area contributed by atoms with Gasteiger partial charge in [0.05, 0.1) is 45.3 Å². The number of aliphatic hydroxyl groups excluding tert-OH is 2. The van der Waals surface area contributed by atoms with E-state index in [-0.39, 0.29) is 36.1 Å². The molecule has 230 valence electrons. The Balaban J connectivity index is 1.44. The van der Waals surface area contributed by atoms with Crippen molar-refractivity contribution in [3.8, 4) is 11.5 Å². The van der Waals surface area contributed by atoms with E-state index in [0.717, 1.165) is 18.7 Å². The van der Waals surface area contributed by atoms with Crippen LogP contribution in [0.5, 0.6) is 11.5 Å². The van der Waals surface area contributed by atoms with Crippen LogP contribution in [0.4, 0.5) is 0 Å². The van der Waals surface area contributed by atoms with Crippen LogP contribution in [0.2, 0.25) is 0 Å².